The molecule has 0 spiro atoms. The van der Waals surface area contributed by atoms with E-state index in [1.54, 1.807) is 31.4 Å². The Morgan fingerprint density at radius 2 is 2.24 bits per heavy atom. The molecule has 0 radical (unpaired) electrons. The van der Waals surface area contributed by atoms with Gasteiger partial charge in [-0.15, -0.1) is 0 Å². The lowest BCUT2D eigenvalue weighted by atomic mass is 10.1. The zero-order valence-electron chi connectivity index (χ0n) is 11.7. The Hall–Kier alpha value is -3.00. The van der Waals surface area contributed by atoms with E-state index in [9.17, 15) is 4.79 Å². The standard InChI is InChI=1S/C16H14N2O3/c1-11-8-14(20-2)6-5-12(11)9-13(10-17)16(19)18-15-4-3-7-21-15/h3-9H,1-2H3,(H,18,19)/b13-9+. The van der Waals surface area contributed by atoms with Gasteiger partial charge >= 0.3 is 0 Å². The van der Waals surface area contributed by atoms with E-state index < -0.39 is 5.91 Å². The van der Waals surface area contributed by atoms with Gasteiger partial charge in [-0.05, 0) is 42.3 Å². The topological polar surface area (TPSA) is 75.3 Å². The van der Waals surface area contributed by atoms with Crippen molar-refractivity contribution in [2.24, 2.45) is 0 Å². The highest BCUT2D eigenvalue weighted by Gasteiger charge is 2.11. The van der Waals surface area contributed by atoms with Gasteiger partial charge in [-0.1, -0.05) is 6.07 Å². The van der Waals surface area contributed by atoms with Crippen molar-refractivity contribution < 1.29 is 13.9 Å². The summed E-state index contributed by atoms with van der Waals surface area (Å²) in [7, 11) is 1.59. The second-order valence-corrected chi connectivity index (χ2v) is 4.32. The summed E-state index contributed by atoms with van der Waals surface area (Å²) in [5.41, 5.74) is 1.69. The monoisotopic (exact) mass is 282 g/mol. The highest BCUT2D eigenvalue weighted by atomic mass is 16.5. The third-order valence-corrected chi connectivity index (χ3v) is 2.90. The molecule has 5 nitrogen and oxygen atoms in total. The molecule has 1 aromatic carbocycles. The van der Waals surface area contributed by atoms with Crippen molar-refractivity contribution in [3.63, 3.8) is 0 Å². The molecular formula is C16H14N2O3. The number of rotatable bonds is 4. The number of amides is 1. The maximum Gasteiger partial charge on any atom is 0.268 e. The molecule has 0 aliphatic heterocycles. The number of carbonyl (C=O) groups is 1. The SMILES string of the molecule is COc1ccc(/C=C(\C#N)C(=O)Nc2ccco2)c(C)c1. The number of anilines is 1. The molecule has 0 atom stereocenters. The number of nitriles is 1. The van der Waals surface area contributed by atoms with E-state index in [0.29, 0.717) is 5.88 Å². The molecule has 0 saturated carbocycles. The fourth-order valence-electron chi connectivity index (χ4n) is 1.77. The second kappa shape index (κ2) is 6.44. The molecule has 21 heavy (non-hydrogen) atoms. The molecule has 0 bridgehead atoms. The first-order chi connectivity index (χ1) is 10.1. The quantitative estimate of drug-likeness (QED) is 0.690. The minimum absolute atomic E-state index is 0.000308. The lowest BCUT2D eigenvalue weighted by Gasteiger charge is -2.05. The van der Waals surface area contributed by atoms with Crippen LogP contribution in [0.5, 0.6) is 5.75 Å². The number of benzene rings is 1. The number of hydrogen-bond acceptors (Lipinski definition) is 4. The van der Waals surface area contributed by atoms with E-state index in [1.807, 2.05) is 19.1 Å². The van der Waals surface area contributed by atoms with Crippen LogP contribution in [0.4, 0.5) is 5.88 Å². The van der Waals surface area contributed by atoms with Gasteiger partial charge in [0.05, 0.1) is 13.4 Å². The molecule has 5 heteroatoms. The third kappa shape index (κ3) is 3.51. The number of aryl methyl sites for hydroxylation is 1. The summed E-state index contributed by atoms with van der Waals surface area (Å²) in [6.07, 6.45) is 2.98. The molecule has 0 saturated heterocycles. The van der Waals surface area contributed by atoms with Gasteiger partial charge in [0.2, 0.25) is 0 Å². The Balaban J connectivity index is 2.24. The number of ether oxygens (including phenoxy) is 1. The van der Waals surface area contributed by atoms with Gasteiger partial charge in [-0.25, -0.2) is 0 Å². The van der Waals surface area contributed by atoms with Gasteiger partial charge in [0.25, 0.3) is 5.91 Å². The predicted molar refractivity (Wildman–Crippen MR) is 78.7 cm³/mol. The lowest BCUT2D eigenvalue weighted by molar-refractivity contribution is -0.112. The summed E-state index contributed by atoms with van der Waals surface area (Å²) in [6.45, 7) is 1.88. The minimum atomic E-state index is -0.511. The summed E-state index contributed by atoms with van der Waals surface area (Å²) in [5, 5.41) is 11.7. The maximum atomic E-state index is 12.0. The van der Waals surface area contributed by atoms with Crippen LogP contribution in [0.3, 0.4) is 0 Å². The van der Waals surface area contributed by atoms with E-state index >= 15 is 0 Å². The number of nitrogens with zero attached hydrogens (tertiary/aromatic N) is 1. The average molecular weight is 282 g/mol. The van der Waals surface area contributed by atoms with E-state index in [1.165, 1.54) is 12.3 Å². The Bertz CT molecular complexity index is 710. The molecule has 1 amide bonds. The van der Waals surface area contributed by atoms with Crippen LogP contribution in [0.25, 0.3) is 6.08 Å². The van der Waals surface area contributed by atoms with Crippen LogP contribution in [0, 0.1) is 18.3 Å². The van der Waals surface area contributed by atoms with Crippen molar-refractivity contribution >= 4 is 17.9 Å². The van der Waals surface area contributed by atoms with Crippen molar-refractivity contribution in [1.29, 1.82) is 5.26 Å². The summed E-state index contributed by atoms with van der Waals surface area (Å²) in [6, 6.07) is 10.6. The van der Waals surface area contributed by atoms with Crippen LogP contribution < -0.4 is 10.1 Å². The molecule has 1 N–H and O–H groups in total. The molecule has 1 aromatic heterocycles. The molecular weight excluding hydrogens is 268 g/mol. The van der Waals surface area contributed by atoms with Crippen LogP contribution in [0.15, 0.2) is 46.6 Å². The number of furan rings is 1. The average Bonchev–Trinajstić information content (AvgIpc) is 2.98. The summed E-state index contributed by atoms with van der Waals surface area (Å²) in [4.78, 5) is 12.0. The highest BCUT2D eigenvalue weighted by molar-refractivity contribution is 6.09. The lowest BCUT2D eigenvalue weighted by Crippen LogP contribution is -2.12. The van der Waals surface area contributed by atoms with Crippen molar-refractivity contribution in [1.82, 2.24) is 0 Å². The smallest absolute Gasteiger partial charge is 0.268 e. The van der Waals surface area contributed by atoms with Crippen molar-refractivity contribution in [3.05, 3.63) is 53.3 Å². The van der Waals surface area contributed by atoms with E-state index in [-0.39, 0.29) is 5.57 Å². The zero-order chi connectivity index (χ0) is 15.2. The van der Waals surface area contributed by atoms with E-state index in [2.05, 4.69) is 5.32 Å². The molecule has 0 aliphatic rings. The van der Waals surface area contributed by atoms with Crippen molar-refractivity contribution in [2.45, 2.75) is 6.92 Å². The Labute approximate surface area is 122 Å². The number of methoxy groups -OCH3 is 1. The Morgan fingerprint density at radius 1 is 1.43 bits per heavy atom. The summed E-state index contributed by atoms with van der Waals surface area (Å²) >= 11 is 0. The first-order valence-electron chi connectivity index (χ1n) is 6.25. The number of carbonyl (C=O) groups excluding carboxylic acids is 1. The molecule has 2 rings (SSSR count). The third-order valence-electron chi connectivity index (χ3n) is 2.90. The van der Waals surface area contributed by atoms with Crippen LogP contribution in [-0.2, 0) is 4.79 Å². The summed E-state index contributed by atoms with van der Waals surface area (Å²) in [5.74, 6) is 0.512. The fourth-order valence-corrected chi connectivity index (χ4v) is 1.77. The van der Waals surface area contributed by atoms with Crippen LogP contribution >= 0.6 is 0 Å². The number of hydrogen-bond donors (Lipinski definition) is 1. The molecule has 0 fully saturated rings. The van der Waals surface area contributed by atoms with Gasteiger partial charge in [0.15, 0.2) is 5.88 Å². The maximum absolute atomic E-state index is 12.0. The minimum Gasteiger partial charge on any atom is -0.497 e. The molecule has 0 unspecified atom stereocenters. The largest absolute Gasteiger partial charge is 0.497 e. The van der Waals surface area contributed by atoms with Crippen LogP contribution in [-0.4, -0.2) is 13.0 Å². The van der Waals surface area contributed by atoms with Gasteiger partial charge in [0, 0.05) is 6.07 Å². The van der Waals surface area contributed by atoms with Crippen LogP contribution in [0.1, 0.15) is 11.1 Å². The Kier molecular flexibility index (Phi) is 4.42. The molecule has 106 valence electrons. The van der Waals surface area contributed by atoms with Crippen molar-refractivity contribution in [3.8, 4) is 11.8 Å². The first-order valence-corrected chi connectivity index (χ1v) is 6.25. The highest BCUT2D eigenvalue weighted by Crippen LogP contribution is 2.19. The van der Waals surface area contributed by atoms with Gasteiger partial charge in [0.1, 0.15) is 17.4 Å². The first kappa shape index (κ1) is 14.4. The van der Waals surface area contributed by atoms with E-state index in [0.717, 1.165) is 16.9 Å². The Morgan fingerprint density at radius 3 is 2.81 bits per heavy atom. The van der Waals surface area contributed by atoms with Gasteiger partial charge < -0.3 is 9.15 Å². The fraction of sp³-hybridized carbons (Fsp3) is 0.125. The predicted octanol–water partition coefficient (Wildman–Crippen LogP) is 3.14. The van der Waals surface area contributed by atoms with Crippen molar-refractivity contribution in [2.75, 3.05) is 12.4 Å². The molecule has 1 heterocycles. The summed E-state index contributed by atoms with van der Waals surface area (Å²) < 4.78 is 10.1. The van der Waals surface area contributed by atoms with Gasteiger partial charge in [-0.2, -0.15) is 5.26 Å². The molecule has 0 aliphatic carbocycles. The van der Waals surface area contributed by atoms with Crippen LogP contribution in [0.2, 0.25) is 0 Å². The molecule has 2 aromatic rings. The zero-order valence-corrected chi connectivity index (χ0v) is 11.7. The number of nitrogens with one attached hydrogen (secondary N) is 1. The second-order valence-electron chi connectivity index (χ2n) is 4.32. The van der Waals surface area contributed by atoms with E-state index in [4.69, 9.17) is 14.4 Å². The van der Waals surface area contributed by atoms with Gasteiger partial charge in [-0.3, -0.25) is 10.1 Å². The normalized spacial score (nSPS) is 10.8.